The predicted molar refractivity (Wildman–Crippen MR) is 127 cm³/mol. The molecule has 2 aromatic carbocycles. The Bertz CT molecular complexity index is 943. The number of fused-ring (bicyclic) bond motifs is 2. The van der Waals surface area contributed by atoms with Crippen LogP contribution in [0.5, 0.6) is 0 Å². The lowest BCUT2D eigenvalue weighted by Crippen LogP contribution is -2.34. The molecule has 0 spiro atoms. The molecule has 0 atom stereocenters. The van der Waals surface area contributed by atoms with E-state index >= 15 is 0 Å². The Balaban J connectivity index is 1.79. The van der Waals surface area contributed by atoms with Gasteiger partial charge in [0.15, 0.2) is 0 Å². The number of rotatable bonds is 2. The molecule has 0 aliphatic heterocycles. The smallest absolute Gasteiger partial charge is 0.0425 e. The Kier molecular flexibility index (Phi) is 4.50. The molecule has 0 heterocycles. The van der Waals surface area contributed by atoms with E-state index < -0.39 is 0 Å². The van der Waals surface area contributed by atoms with Crippen LogP contribution in [-0.4, -0.2) is 0 Å². The normalized spacial score (nSPS) is 23.0. The highest BCUT2D eigenvalue weighted by Crippen LogP contribution is 2.50. The summed E-state index contributed by atoms with van der Waals surface area (Å²) >= 11 is 0. The van der Waals surface area contributed by atoms with Gasteiger partial charge in [-0.1, -0.05) is 73.6 Å². The van der Waals surface area contributed by atoms with Gasteiger partial charge in [-0.05, 0) is 87.8 Å². The van der Waals surface area contributed by atoms with Crippen molar-refractivity contribution in [2.45, 2.75) is 103 Å². The molecule has 0 saturated heterocycles. The van der Waals surface area contributed by atoms with E-state index in [-0.39, 0.29) is 21.7 Å². The van der Waals surface area contributed by atoms with Crippen LogP contribution in [0.2, 0.25) is 0 Å². The molecule has 29 heavy (non-hydrogen) atoms. The van der Waals surface area contributed by atoms with Crippen molar-refractivity contribution in [3.8, 4) is 0 Å². The summed E-state index contributed by atoms with van der Waals surface area (Å²) < 4.78 is 0. The number of hydrogen-bond acceptors (Lipinski definition) is 1. The summed E-state index contributed by atoms with van der Waals surface area (Å²) in [5.41, 5.74) is 9.51. The highest BCUT2D eigenvalue weighted by molar-refractivity contribution is 5.69. The van der Waals surface area contributed by atoms with E-state index in [1.54, 1.807) is 0 Å². The first-order valence-electron chi connectivity index (χ1n) is 11.4. The lowest BCUT2D eigenvalue weighted by molar-refractivity contribution is 0.332. The number of anilines is 2. The molecule has 1 nitrogen and oxygen atoms in total. The van der Waals surface area contributed by atoms with E-state index in [4.69, 9.17) is 0 Å². The van der Waals surface area contributed by atoms with Gasteiger partial charge in [-0.15, -0.1) is 0 Å². The van der Waals surface area contributed by atoms with Crippen LogP contribution in [0.4, 0.5) is 11.4 Å². The van der Waals surface area contributed by atoms with E-state index in [0.717, 1.165) is 0 Å². The van der Waals surface area contributed by atoms with Crippen LogP contribution in [0.1, 0.15) is 103 Å². The molecule has 0 aromatic heterocycles. The Labute approximate surface area is 178 Å². The fourth-order valence-corrected chi connectivity index (χ4v) is 5.66. The summed E-state index contributed by atoms with van der Waals surface area (Å²) in [6.45, 7) is 19.2. The second kappa shape index (κ2) is 6.37. The van der Waals surface area contributed by atoms with Gasteiger partial charge in [0, 0.05) is 11.4 Å². The quantitative estimate of drug-likeness (QED) is 0.546. The van der Waals surface area contributed by atoms with Gasteiger partial charge >= 0.3 is 0 Å². The third kappa shape index (κ3) is 3.41. The molecule has 2 aliphatic rings. The fraction of sp³-hybridized carbons (Fsp3) is 0.571. The van der Waals surface area contributed by atoms with Gasteiger partial charge in [0.25, 0.3) is 0 Å². The molecule has 0 bridgehead atoms. The van der Waals surface area contributed by atoms with E-state index in [1.165, 1.54) is 59.3 Å². The molecule has 0 radical (unpaired) electrons. The first kappa shape index (κ1) is 20.5. The van der Waals surface area contributed by atoms with Gasteiger partial charge in [-0.3, -0.25) is 0 Å². The monoisotopic (exact) mass is 389 g/mol. The van der Waals surface area contributed by atoms with Gasteiger partial charge in [0.05, 0.1) is 0 Å². The van der Waals surface area contributed by atoms with E-state index in [0.29, 0.717) is 0 Å². The van der Waals surface area contributed by atoms with Crippen LogP contribution in [0, 0.1) is 0 Å². The molecule has 0 saturated carbocycles. The third-order valence-electron chi connectivity index (χ3n) is 7.98. The molecule has 2 aliphatic carbocycles. The minimum atomic E-state index is 0.198. The number of benzene rings is 2. The van der Waals surface area contributed by atoms with Crippen LogP contribution in [0.3, 0.4) is 0 Å². The van der Waals surface area contributed by atoms with Crippen molar-refractivity contribution in [1.82, 2.24) is 0 Å². The second-order valence-corrected chi connectivity index (χ2v) is 12.1. The first-order chi connectivity index (χ1) is 13.3. The Hall–Kier alpha value is -1.76. The maximum atomic E-state index is 3.84. The maximum absolute atomic E-state index is 3.84. The summed E-state index contributed by atoms with van der Waals surface area (Å²) in [6, 6.07) is 14.0. The second-order valence-electron chi connectivity index (χ2n) is 12.1. The lowest BCUT2D eigenvalue weighted by atomic mass is 9.62. The third-order valence-corrected chi connectivity index (χ3v) is 7.98. The zero-order valence-electron chi connectivity index (χ0n) is 19.8. The minimum absolute atomic E-state index is 0.198. The van der Waals surface area contributed by atoms with Crippen LogP contribution in [0.15, 0.2) is 36.4 Å². The topological polar surface area (TPSA) is 12.0 Å². The van der Waals surface area contributed by atoms with Crippen molar-refractivity contribution < 1.29 is 0 Å². The average Bonchev–Trinajstić information content (AvgIpc) is 2.63. The summed E-state index contributed by atoms with van der Waals surface area (Å²) in [6.07, 6.45) is 4.99. The van der Waals surface area contributed by atoms with Crippen molar-refractivity contribution in [2.75, 3.05) is 5.32 Å². The summed E-state index contributed by atoms with van der Waals surface area (Å²) in [7, 11) is 0. The molecule has 2 aromatic rings. The maximum Gasteiger partial charge on any atom is 0.0425 e. The number of hydrogen-bond donors (Lipinski definition) is 1. The molecule has 0 unspecified atom stereocenters. The van der Waals surface area contributed by atoms with Crippen molar-refractivity contribution in [3.05, 3.63) is 58.7 Å². The SMILES string of the molecule is CC1(C)CCC(C)(C)c2cc(Nc3cccc4c3C(C)(C)CCC4(C)C)ccc21. The van der Waals surface area contributed by atoms with Crippen LogP contribution in [0.25, 0.3) is 0 Å². The summed E-state index contributed by atoms with van der Waals surface area (Å²) in [5.74, 6) is 0. The van der Waals surface area contributed by atoms with Crippen LogP contribution in [-0.2, 0) is 21.7 Å². The van der Waals surface area contributed by atoms with Gasteiger partial charge in [-0.2, -0.15) is 0 Å². The van der Waals surface area contributed by atoms with Crippen molar-refractivity contribution in [1.29, 1.82) is 0 Å². The zero-order chi connectivity index (χ0) is 21.2. The molecule has 0 amide bonds. The summed E-state index contributed by atoms with van der Waals surface area (Å²) in [4.78, 5) is 0. The van der Waals surface area contributed by atoms with Gasteiger partial charge < -0.3 is 5.32 Å². The van der Waals surface area contributed by atoms with Crippen molar-refractivity contribution in [3.63, 3.8) is 0 Å². The van der Waals surface area contributed by atoms with Crippen molar-refractivity contribution in [2.24, 2.45) is 0 Å². The van der Waals surface area contributed by atoms with Crippen molar-refractivity contribution >= 4 is 11.4 Å². The Morgan fingerprint density at radius 1 is 0.586 bits per heavy atom. The first-order valence-corrected chi connectivity index (χ1v) is 11.4. The van der Waals surface area contributed by atoms with Gasteiger partial charge in [0.1, 0.15) is 0 Å². The average molecular weight is 390 g/mol. The molecular formula is C28H39N. The summed E-state index contributed by atoms with van der Waals surface area (Å²) in [5, 5.41) is 3.84. The van der Waals surface area contributed by atoms with Crippen LogP contribution < -0.4 is 5.32 Å². The standard InChI is InChI=1S/C28H39N/c1-25(2)14-15-27(5,6)22-18-19(12-13-20(22)25)29-23-11-9-10-21-24(23)28(7,8)17-16-26(21,3)4/h9-13,18,29H,14-17H2,1-8H3. The molecule has 156 valence electrons. The lowest BCUT2D eigenvalue weighted by Gasteiger charge is -2.43. The van der Waals surface area contributed by atoms with E-state index in [9.17, 15) is 0 Å². The van der Waals surface area contributed by atoms with E-state index in [2.05, 4.69) is 97.1 Å². The highest BCUT2D eigenvalue weighted by Gasteiger charge is 2.39. The number of nitrogens with one attached hydrogen (secondary N) is 1. The Morgan fingerprint density at radius 3 is 1.79 bits per heavy atom. The highest BCUT2D eigenvalue weighted by atomic mass is 14.9. The molecule has 4 rings (SSSR count). The fourth-order valence-electron chi connectivity index (χ4n) is 5.66. The predicted octanol–water partition coefficient (Wildman–Crippen LogP) is 8.13. The largest absolute Gasteiger partial charge is 0.355 e. The van der Waals surface area contributed by atoms with E-state index in [1.807, 2.05) is 0 Å². The van der Waals surface area contributed by atoms with Gasteiger partial charge in [-0.25, -0.2) is 0 Å². The molecule has 1 N–H and O–H groups in total. The molecular weight excluding hydrogens is 350 g/mol. The zero-order valence-corrected chi connectivity index (χ0v) is 19.8. The Morgan fingerprint density at radius 2 is 1.14 bits per heavy atom. The molecule has 1 heteroatoms. The minimum Gasteiger partial charge on any atom is -0.355 e. The molecule has 0 fully saturated rings. The van der Waals surface area contributed by atoms with Gasteiger partial charge in [0.2, 0.25) is 0 Å². The van der Waals surface area contributed by atoms with Crippen LogP contribution >= 0.6 is 0 Å².